The highest BCUT2D eigenvalue weighted by Crippen LogP contribution is 2.36. The first-order valence-corrected chi connectivity index (χ1v) is 8.23. The summed E-state index contributed by atoms with van der Waals surface area (Å²) < 4.78 is 0. The molecule has 4 nitrogen and oxygen atoms in total. The lowest BCUT2D eigenvalue weighted by atomic mass is 10.1. The number of thioether (sulfide) groups is 1. The number of nitrogens with one attached hydrogen (secondary N) is 1. The van der Waals surface area contributed by atoms with E-state index in [-0.39, 0.29) is 17.1 Å². The maximum Gasteiger partial charge on any atom is 0.237 e. The van der Waals surface area contributed by atoms with Gasteiger partial charge in [-0.15, -0.1) is 11.8 Å². The van der Waals surface area contributed by atoms with Crippen LogP contribution >= 0.6 is 11.8 Å². The van der Waals surface area contributed by atoms with Crippen molar-refractivity contribution in [3.63, 3.8) is 0 Å². The van der Waals surface area contributed by atoms with Gasteiger partial charge in [-0.3, -0.25) is 9.59 Å². The molecule has 1 aromatic carbocycles. The van der Waals surface area contributed by atoms with Gasteiger partial charge in [0.1, 0.15) is 0 Å². The smallest absolute Gasteiger partial charge is 0.237 e. The van der Waals surface area contributed by atoms with Crippen molar-refractivity contribution in [2.45, 2.75) is 43.3 Å². The summed E-state index contributed by atoms with van der Waals surface area (Å²) >= 11 is 1.56. The highest BCUT2D eigenvalue weighted by molar-refractivity contribution is 8.00. The zero-order valence-corrected chi connectivity index (χ0v) is 13.6. The zero-order valence-electron chi connectivity index (χ0n) is 12.8. The number of hydrogen-bond donors (Lipinski definition) is 1. The molecule has 1 heterocycles. The van der Waals surface area contributed by atoms with Crippen molar-refractivity contribution in [1.82, 2.24) is 4.90 Å². The van der Waals surface area contributed by atoms with Gasteiger partial charge in [0.25, 0.3) is 0 Å². The van der Waals surface area contributed by atoms with Crippen LogP contribution in [0.5, 0.6) is 0 Å². The van der Waals surface area contributed by atoms with E-state index in [0.29, 0.717) is 6.42 Å². The number of nitrogens with zero attached hydrogens (tertiary/aromatic N) is 1. The van der Waals surface area contributed by atoms with Crippen LogP contribution in [0.25, 0.3) is 0 Å². The molecule has 0 radical (unpaired) electrons. The Bertz CT molecular complexity index is 545. The Balaban J connectivity index is 2.04. The summed E-state index contributed by atoms with van der Waals surface area (Å²) in [5.74, 6) is 0.141. The molecule has 1 aliphatic heterocycles. The molecule has 1 atom stereocenters. The van der Waals surface area contributed by atoms with Crippen LogP contribution < -0.4 is 5.32 Å². The first-order valence-electron chi connectivity index (χ1n) is 7.35. The molecule has 2 amide bonds. The van der Waals surface area contributed by atoms with Gasteiger partial charge in [0.05, 0.1) is 17.4 Å². The number of fused-ring (bicyclic) bond motifs is 1. The summed E-state index contributed by atoms with van der Waals surface area (Å²) in [4.78, 5) is 26.7. The van der Waals surface area contributed by atoms with E-state index in [1.165, 1.54) is 0 Å². The highest BCUT2D eigenvalue weighted by atomic mass is 32.2. The molecule has 1 unspecified atom stereocenters. The molecule has 0 bridgehead atoms. The maximum absolute atomic E-state index is 12.1. The predicted octanol–water partition coefficient (Wildman–Crippen LogP) is 2.92. The van der Waals surface area contributed by atoms with Gasteiger partial charge in [-0.1, -0.05) is 19.4 Å². The average molecular weight is 306 g/mol. The van der Waals surface area contributed by atoms with E-state index >= 15 is 0 Å². The second kappa shape index (κ2) is 6.98. The number of carbonyl (C=O) groups is 2. The molecule has 0 saturated carbocycles. The van der Waals surface area contributed by atoms with Crippen LogP contribution in [-0.2, 0) is 16.0 Å². The van der Waals surface area contributed by atoms with Crippen molar-refractivity contribution >= 4 is 29.3 Å². The lowest BCUT2D eigenvalue weighted by molar-refractivity contribution is -0.129. The Labute approximate surface area is 130 Å². The monoisotopic (exact) mass is 306 g/mol. The number of amides is 2. The van der Waals surface area contributed by atoms with Gasteiger partial charge in [0, 0.05) is 18.5 Å². The van der Waals surface area contributed by atoms with E-state index in [9.17, 15) is 9.59 Å². The number of rotatable bonds is 5. The summed E-state index contributed by atoms with van der Waals surface area (Å²) in [5, 5.41) is 2.84. The standard InChI is InChI=1S/C16H22N2O2S/c1-4-5-8-18(3)15(19)10-12-6-7-14-13(9-12)17-16(20)11(2)21-14/h6-7,9,11H,4-5,8,10H2,1-3H3,(H,17,20). The number of anilines is 1. The van der Waals surface area contributed by atoms with Crippen molar-refractivity contribution in [3.8, 4) is 0 Å². The first kappa shape index (κ1) is 15.9. The van der Waals surface area contributed by atoms with E-state index in [4.69, 9.17) is 0 Å². The van der Waals surface area contributed by atoms with E-state index in [1.54, 1.807) is 16.7 Å². The van der Waals surface area contributed by atoms with Crippen LogP contribution in [0, 0.1) is 0 Å². The SMILES string of the molecule is CCCCN(C)C(=O)Cc1ccc2c(c1)NC(=O)C(C)S2. The summed E-state index contributed by atoms with van der Waals surface area (Å²) in [6.45, 7) is 4.80. The molecular formula is C16H22N2O2S. The number of carbonyl (C=O) groups excluding carboxylic acids is 2. The summed E-state index contributed by atoms with van der Waals surface area (Å²) in [7, 11) is 1.84. The molecule has 1 aliphatic rings. The van der Waals surface area contributed by atoms with Gasteiger partial charge >= 0.3 is 0 Å². The molecule has 1 aromatic rings. The van der Waals surface area contributed by atoms with E-state index in [2.05, 4.69) is 12.2 Å². The Morgan fingerprint density at radius 2 is 2.19 bits per heavy atom. The molecule has 2 rings (SSSR count). The van der Waals surface area contributed by atoms with Gasteiger partial charge < -0.3 is 10.2 Å². The average Bonchev–Trinajstić information content (AvgIpc) is 2.46. The van der Waals surface area contributed by atoms with Gasteiger partial charge in [-0.05, 0) is 31.0 Å². The number of likely N-dealkylation sites (N-methyl/N-ethyl adjacent to an activating group) is 1. The fourth-order valence-corrected chi connectivity index (χ4v) is 3.13. The molecule has 0 saturated heterocycles. The van der Waals surface area contributed by atoms with Gasteiger partial charge in [0.15, 0.2) is 0 Å². The lowest BCUT2D eigenvalue weighted by Crippen LogP contribution is -2.29. The summed E-state index contributed by atoms with van der Waals surface area (Å²) in [6.07, 6.45) is 2.48. The Kier molecular flexibility index (Phi) is 5.28. The molecule has 21 heavy (non-hydrogen) atoms. The van der Waals surface area contributed by atoms with Crippen LogP contribution in [0.3, 0.4) is 0 Å². The van der Waals surface area contributed by atoms with Gasteiger partial charge in [0.2, 0.25) is 11.8 Å². The van der Waals surface area contributed by atoms with Crippen LogP contribution in [0.1, 0.15) is 32.3 Å². The Hall–Kier alpha value is -1.49. The van der Waals surface area contributed by atoms with Gasteiger partial charge in [-0.2, -0.15) is 0 Å². The number of benzene rings is 1. The van der Waals surface area contributed by atoms with Crippen molar-refractivity contribution < 1.29 is 9.59 Å². The second-order valence-corrected chi connectivity index (χ2v) is 6.81. The van der Waals surface area contributed by atoms with Crippen LogP contribution in [0.15, 0.2) is 23.1 Å². The van der Waals surface area contributed by atoms with E-state index in [0.717, 1.165) is 35.5 Å². The maximum atomic E-state index is 12.1. The topological polar surface area (TPSA) is 49.4 Å². The first-order chi connectivity index (χ1) is 10.0. The van der Waals surface area contributed by atoms with Crippen molar-refractivity contribution in [3.05, 3.63) is 23.8 Å². The van der Waals surface area contributed by atoms with Gasteiger partial charge in [-0.25, -0.2) is 0 Å². The Morgan fingerprint density at radius 3 is 2.90 bits per heavy atom. The highest BCUT2D eigenvalue weighted by Gasteiger charge is 2.23. The van der Waals surface area contributed by atoms with Crippen molar-refractivity contribution in [2.75, 3.05) is 18.9 Å². The van der Waals surface area contributed by atoms with Crippen LogP contribution in [-0.4, -0.2) is 35.6 Å². The van der Waals surface area contributed by atoms with Crippen LogP contribution in [0.2, 0.25) is 0 Å². The number of hydrogen-bond acceptors (Lipinski definition) is 3. The largest absolute Gasteiger partial charge is 0.345 e. The minimum Gasteiger partial charge on any atom is -0.345 e. The molecule has 0 fully saturated rings. The molecule has 0 aliphatic carbocycles. The third-order valence-electron chi connectivity index (χ3n) is 3.60. The molecule has 0 aromatic heterocycles. The molecular weight excluding hydrogens is 284 g/mol. The molecule has 114 valence electrons. The third kappa shape index (κ3) is 4.00. The summed E-state index contributed by atoms with van der Waals surface area (Å²) in [6, 6.07) is 5.88. The van der Waals surface area contributed by atoms with Crippen LogP contribution in [0.4, 0.5) is 5.69 Å². The molecule has 5 heteroatoms. The summed E-state index contributed by atoms with van der Waals surface area (Å²) in [5.41, 5.74) is 1.77. The van der Waals surface area contributed by atoms with E-state index in [1.807, 2.05) is 32.2 Å². The predicted molar refractivity (Wildman–Crippen MR) is 86.6 cm³/mol. The van der Waals surface area contributed by atoms with E-state index < -0.39 is 0 Å². The fourth-order valence-electron chi connectivity index (χ4n) is 2.20. The second-order valence-electron chi connectivity index (χ2n) is 5.43. The van der Waals surface area contributed by atoms with Crippen molar-refractivity contribution in [1.29, 1.82) is 0 Å². The zero-order chi connectivity index (χ0) is 15.4. The molecule has 1 N–H and O–H groups in total. The lowest BCUT2D eigenvalue weighted by Gasteiger charge is -2.22. The Morgan fingerprint density at radius 1 is 1.43 bits per heavy atom. The normalized spacial score (nSPS) is 17.1. The minimum atomic E-state index is -0.0647. The molecule has 0 spiro atoms. The fraction of sp³-hybridized carbons (Fsp3) is 0.500. The number of unbranched alkanes of at least 4 members (excludes halogenated alkanes) is 1. The quantitative estimate of drug-likeness (QED) is 0.910. The van der Waals surface area contributed by atoms with Crippen molar-refractivity contribution in [2.24, 2.45) is 0 Å². The third-order valence-corrected chi connectivity index (χ3v) is 4.78. The minimum absolute atomic E-state index is 0.0241.